The van der Waals surface area contributed by atoms with E-state index in [0.29, 0.717) is 0 Å². The van der Waals surface area contributed by atoms with Crippen LogP contribution in [0.4, 0.5) is 0 Å². The molecule has 0 aliphatic heterocycles. The Hall–Kier alpha value is -6.94. The van der Waals surface area contributed by atoms with Crippen molar-refractivity contribution >= 4 is 64.1 Å². The fourth-order valence-corrected chi connectivity index (χ4v) is 9.36. The average Bonchev–Trinajstić information content (AvgIpc) is 3.65. The third-order valence-corrected chi connectivity index (χ3v) is 12.1. The van der Waals surface area contributed by atoms with E-state index in [-0.39, 0.29) is 0 Å². The van der Waals surface area contributed by atoms with Gasteiger partial charge in [0, 0.05) is 42.1 Å². The smallest absolute Gasteiger partial charge is 0.0979 e. The van der Waals surface area contributed by atoms with Gasteiger partial charge < -0.3 is 0 Å². The highest BCUT2D eigenvalue weighted by Crippen LogP contribution is 2.44. The summed E-state index contributed by atoms with van der Waals surface area (Å²) in [6, 6.07) is 67.8. The van der Waals surface area contributed by atoms with Crippen LogP contribution in [0, 0.1) is 0 Å². The summed E-state index contributed by atoms with van der Waals surface area (Å²) in [6.07, 6.45) is 1.91. The average molecular weight is 717 g/mol. The van der Waals surface area contributed by atoms with Crippen LogP contribution in [0.25, 0.3) is 109 Å². The third-order valence-electron chi connectivity index (χ3n) is 10.9. The van der Waals surface area contributed by atoms with Crippen LogP contribution < -0.4 is 0 Å². The van der Waals surface area contributed by atoms with Gasteiger partial charge in [0.1, 0.15) is 0 Å². The van der Waals surface area contributed by atoms with Crippen molar-refractivity contribution in [2.75, 3.05) is 0 Å². The highest BCUT2D eigenvalue weighted by Gasteiger charge is 2.16. The quantitative estimate of drug-likeness (QED) is 0.166. The molecule has 0 amide bonds. The lowest BCUT2D eigenvalue weighted by Crippen LogP contribution is -1.92. The molecule has 2 aromatic heterocycles. The Morgan fingerprint density at radius 2 is 0.855 bits per heavy atom. The molecule has 0 saturated carbocycles. The van der Waals surface area contributed by atoms with E-state index in [1.165, 1.54) is 69.9 Å². The second-order valence-electron chi connectivity index (χ2n) is 14.1. The van der Waals surface area contributed by atoms with Crippen LogP contribution >= 0.6 is 11.3 Å². The summed E-state index contributed by atoms with van der Waals surface area (Å²) < 4.78 is 2.61. The van der Waals surface area contributed by atoms with Gasteiger partial charge in [0.05, 0.1) is 22.9 Å². The van der Waals surface area contributed by atoms with E-state index in [9.17, 15) is 0 Å². The lowest BCUT2D eigenvalue weighted by molar-refractivity contribution is 1.31. The predicted molar refractivity (Wildman–Crippen MR) is 235 cm³/mol. The molecule has 3 heteroatoms. The molecule has 2 nitrogen and oxygen atoms in total. The molecule has 11 rings (SSSR count). The molecule has 0 radical (unpaired) electrons. The van der Waals surface area contributed by atoms with Gasteiger partial charge in [0.25, 0.3) is 0 Å². The molecular weight excluding hydrogens is 685 g/mol. The van der Waals surface area contributed by atoms with Crippen LogP contribution in [-0.4, -0.2) is 9.97 Å². The first-order valence-electron chi connectivity index (χ1n) is 18.6. The van der Waals surface area contributed by atoms with Crippen molar-refractivity contribution in [2.45, 2.75) is 0 Å². The molecule has 0 atom stereocenters. The first-order chi connectivity index (χ1) is 27.2. The minimum absolute atomic E-state index is 0.869. The predicted octanol–water partition coefficient (Wildman–Crippen LogP) is 14.6. The fraction of sp³-hybridized carbons (Fsp3) is 0. The van der Waals surface area contributed by atoms with E-state index in [4.69, 9.17) is 9.97 Å². The van der Waals surface area contributed by atoms with Crippen molar-refractivity contribution < 1.29 is 0 Å². The molecule has 0 aliphatic carbocycles. The highest BCUT2D eigenvalue weighted by atomic mass is 32.1. The molecule has 0 saturated heterocycles. The Balaban J connectivity index is 1.01. The number of aromatic nitrogens is 2. The van der Waals surface area contributed by atoms with Crippen LogP contribution in [-0.2, 0) is 0 Å². The number of nitrogens with zero attached hydrogens (tertiary/aromatic N) is 2. The number of hydrogen-bond acceptors (Lipinski definition) is 3. The number of benzene rings is 9. The molecule has 0 N–H and O–H groups in total. The van der Waals surface area contributed by atoms with E-state index in [1.54, 1.807) is 0 Å². The van der Waals surface area contributed by atoms with Gasteiger partial charge in [0.15, 0.2) is 0 Å². The molecule has 55 heavy (non-hydrogen) atoms. The lowest BCUT2D eigenvalue weighted by atomic mass is 9.93. The number of fused-ring (bicyclic) bond motifs is 9. The molecule has 11 aromatic rings. The molecule has 0 fully saturated rings. The minimum atomic E-state index is 0.869. The summed E-state index contributed by atoms with van der Waals surface area (Å²) in [7, 11) is 0. The van der Waals surface area contributed by atoms with Gasteiger partial charge in [-0.25, -0.2) is 4.98 Å². The summed E-state index contributed by atoms with van der Waals surface area (Å²) in [5.74, 6) is 0. The van der Waals surface area contributed by atoms with Gasteiger partial charge in [-0.1, -0.05) is 158 Å². The first-order valence-corrected chi connectivity index (χ1v) is 19.5. The Morgan fingerprint density at radius 1 is 0.327 bits per heavy atom. The van der Waals surface area contributed by atoms with Gasteiger partial charge in [-0.2, -0.15) is 0 Å². The van der Waals surface area contributed by atoms with Crippen LogP contribution in [0.15, 0.2) is 194 Å². The Labute approximate surface area is 322 Å². The molecule has 0 spiro atoms. The Kier molecular flexibility index (Phi) is 7.39. The summed E-state index contributed by atoms with van der Waals surface area (Å²) in [4.78, 5) is 10.2. The monoisotopic (exact) mass is 716 g/mol. The van der Waals surface area contributed by atoms with Crippen molar-refractivity contribution in [3.8, 4) is 55.8 Å². The topological polar surface area (TPSA) is 25.8 Å². The summed E-state index contributed by atoms with van der Waals surface area (Å²) in [5, 5.41) is 7.25. The normalized spacial score (nSPS) is 11.6. The highest BCUT2D eigenvalue weighted by molar-refractivity contribution is 7.26. The van der Waals surface area contributed by atoms with Crippen LogP contribution in [0.3, 0.4) is 0 Å². The van der Waals surface area contributed by atoms with Gasteiger partial charge in [-0.3, -0.25) is 4.98 Å². The van der Waals surface area contributed by atoms with E-state index < -0.39 is 0 Å². The maximum atomic E-state index is 5.22. The zero-order valence-electron chi connectivity index (χ0n) is 29.8. The maximum absolute atomic E-state index is 5.22. The standard InChI is InChI=1S/C52H32N2S/c1-3-12-33(13-4-1)38-26-27-49-46(29-38)47-31-40(34-14-5-2-6-15-34)30-45(52(47)55-49)39-17-11-16-37(28-39)35-22-24-36(25-23-35)48-32-53-50-43-20-9-7-18-41(43)42-19-8-10-21-44(42)51(50)54-48/h1-32H. The lowest BCUT2D eigenvalue weighted by Gasteiger charge is -2.12. The molecule has 9 aromatic carbocycles. The van der Waals surface area contributed by atoms with Gasteiger partial charge in [-0.15, -0.1) is 11.3 Å². The molecular formula is C52H32N2S. The van der Waals surface area contributed by atoms with Crippen molar-refractivity contribution in [1.82, 2.24) is 9.97 Å². The maximum Gasteiger partial charge on any atom is 0.0979 e. The summed E-state index contributed by atoms with van der Waals surface area (Å²) in [5.41, 5.74) is 13.5. The number of thiophene rings is 1. The SMILES string of the molecule is c1ccc(-c2ccc3sc4c(-c5cccc(-c6ccc(-c7cnc8c9ccccc9c9ccccc9c8n7)cc6)c5)cc(-c5ccccc5)cc4c3c2)cc1. The third kappa shape index (κ3) is 5.40. The summed E-state index contributed by atoms with van der Waals surface area (Å²) in [6.45, 7) is 0. The zero-order chi connectivity index (χ0) is 36.3. The molecule has 0 aliphatic rings. The Bertz CT molecular complexity index is 3200. The molecule has 2 heterocycles. The van der Waals surface area contributed by atoms with Crippen molar-refractivity contribution in [1.29, 1.82) is 0 Å². The van der Waals surface area contributed by atoms with E-state index >= 15 is 0 Å². The van der Waals surface area contributed by atoms with Crippen molar-refractivity contribution in [3.63, 3.8) is 0 Å². The minimum Gasteiger partial charge on any atom is -0.252 e. The summed E-state index contributed by atoms with van der Waals surface area (Å²) >= 11 is 1.88. The van der Waals surface area contributed by atoms with E-state index in [1.807, 2.05) is 17.5 Å². The molecule has 256 valence electrons. The van der Waals surface area contributed by atoms with Crippen molar-refractivity contribution in [3.05, 3.63) is 194 Å². The Morgan fingerprint density at radius 3 is 1.58 bits per heavy atom. The van der Waals surface area contributed by atoms with Crippen LogP contribution in [0.1, 0.15) is 0 Å². The van der Waals surface area contributed by atoms with Gasteiger partial charge >= 0.3 is 0 Å². The number of hydrogen-bond donors (Lipinski definition) is 0. The van der Waals surface area contributed by atoms with Crippen LogP contribution in [0.5, 0.6) is 0 Å². The van der Waals surface area contributed by atoms with Crippen molar-refractivity contribution in [2.24, 2.45) is 0 Å². The molecule has 0 bridgehead atoms. The second kappa shape index (κ2) is 12.9. The number of rotatable bonds is 5. The zero-order valence-corrected chi connectivity index (χ0v) is 30.6. The van der Waals surface area contributed by atoms with E-state index in [0.717, 1.165) is 38.6 Å². The second-order valence-corrected chi connectivity index (χ2v) is 15.2. The van der Waals surface area contributed by atoms with Crippen LogP contribution in [0.2, 0.25) is 0 Å². The first kappa shape index (κ1) is 31.6. The largest absolute Gasteiger partial charge is 0.252 e. The van der Waals surface area contributed by atoms with Gasteiger partial charge in [0.2, 0.25) is 0 Å². The molecule has 0 unspecified atom stereocenters. The fourth-order valence-electron chi connectivity index (χ4n) is 8.16. The van der Waals surface area contributed by atoms with Gasteiger partial charge in [-0.05, 0) is 80.0 Å². The van der Waals surface area contributed by atoms with E-state index in [2.05, 4.69) is 188 Å².